The third-order valence-electron chi connectivity index (χ3n) is 15.6. The van der Waals surface area contributed by atoms with Gasteiger partial charge in [0.15, 0.2) is 6.10 Å². The molecular formula is C66H128O6. The van der Waals surface area contributed by atoms with E-state index in [2.05, 4.69) is 34.6 Å². The Labute approximate surface area is 450 Å². The maximum atomic E-state index is 12.9. The van der Waals surface area contributed by atoms with Gasteiger partial charge >= 0.3 is 17.9 Å². The van der Waals surface area contributed by atoms with Crippen molar-refractivity contribution < 1.29 is 28.6 Å². The second-order valence-corrected chi connectivity index (χ2v) is 23.5. The molecule has 0 aromatic carbocycles. The van der Waals surface area contributed by atoms with Crippen LogP contribution < -0.4 is 0 Å². The van der Waals surface area contributed by atoms with Crippen molar-refractivity contribution in [3.63, 3.8) is 0 Å². The normalized spacial score (nSPS) is 12.4. The first-order valence-electron chi connectivity index (χ1n) is 32.8. The Balaban J connectivity index is 4.29. The summed E-state index contributed by atoms with van der Waals surface area (Å²) in [5, 5.41) is 0. The van der Waals surface area contributed by atoms with Crippen LogP contribution >= 0.6 is 0 Å². The minimum Gasteiger partial charge on any atom is -0.462 e. The summed E-state index contributed by atoms with van der Waals surface area (Å²) >= 11 is 0. The quantitative estimate of drug-likeness (QED) is 0.0343. The molecule has 6 nitrogen and oxygen atoms in total. The second kappa shape index (κ2) is 58.7. The standard InChI is InChI=1S/C66H128O6/c1-6-8-9-10-11-12-13-14-15-16-17-18-19-26-31-36-41-46-51-56-64(67)70-59-63(72-66(69)58-53-48-43-38-33-28-22-20-24-29-34-39-44-49-54-61(3)4)60-71-65(68)57-52-47-42-37-32-27-23-21-25-30-35-40-45-50-55-62(5)7-2/h61-63H,6-60H2,1-5H3/t62?,63-/m1/s1. The highest BCUT2D eigenvalue weighted by Gasteiger charge is 2.19. The Morgan fingerprint density at radius 2 is 0.528 bits per heavy atom. The van der Waals surface area contributed by atoms with Gasteiger partial charge in [-0.3, -0.25) is 14.4 Å². The molecule has 0 rings (SSSR count). The molecule has 0 aromatic rings. The number of unbranched alkanes of at least 4 members (excludes halogenated alkanes) is 44. The van der Waals surface area contributed by atoms with Crippen molar-refractivity contribution in [1.29, 1.82) is 0 Å². The SMILES string of the molecule is CCCCCCCCCCCCCCCCCCCCCC(=O)OC[C@H](COC(=O)CCCCCCCCCCCCCCCCC(C)CC)OC(=O)CCCCCCCCCCCCCCCCC(C)C. The van der Waals surface area contributed by atoms with Gasteiger partial charge in [0, 0.05) is 19.3 Å². The Morgan fingerprint density at radius 3 is 0.792 bits per heavy atom. The lowest BCUT2D eigenvalue weighted by molar-refractivity contribution is -0.167. The van der Waals surface area contributed by atoms with Crippen LogP contribution in [0.25, 0.3) is 0 Å². The number of rotatable bonds is 60. The fraction of sp³-hybridized carbons (Fsp3) is 0.955. The van der Waals surface area contributed by atoms with Gasteiger partial charge in [-0.05, 0) is 31.1 Å². The fourth-order valence-electron chi connectivity index (χ4n) is 10.3. The molecule has 0 aromatic heterocycles. The van der Waals surface area contributed by atoms with Gasteiger partial charge in [-0.2, -0.15) is 0 Å². The van der Waals surface area contributed by atoms with Crippen LogP contribution in [0, 0.1) is 11.8 Å². The van der Waals surface area contributed by atoms with Crippen molar-refractivity contribution >= 4 is 17.9 Å². The predicted molar refractivity (Wildman–Crippen MR) is 312 cm³/mol. The molecule has 6 heteroatoms. The lowest BCUT2D eigenvalue weighted by Crippen LogP contribution is -2.30. The largest absolute Gasteiger partial charge is 0.462 e. The van der Waals surface area contributed by atoms with E-state index in [0.717, 1.165) is 69.6 Å². The molecule has 0 radical (unpaired) electrons. The van der Waals surface area contributed by atoms with Crippen LogP contribution in [-0.4, -0.2) is 37.2 Å². The molecule has 0 heterocycles. The van der Waals surface area contributed by atoms with Gasteiger partial charge in [-0.1, -0.05) is 336 Å². The average molecular weight is 1020 g/mol. The summed E-state index contributed by atoms with van der Waals surface area (Å²) in [4.78, 5) is 38.4. The summed E-state index contributed by atoms with van der Waals surface area (Å²) in [5.41, 5.74) is 0. The molecule has 428 valence electrons. The number of esters is 3. The van der Waals surface area contributed by atoms with Crippen LogP contribution in [0.5, 0.6) is 0 Å². The van der Waals surface area contributed by atoms with Gasteiger partial charge in [0.2, 0.25) is 0 Å². The number of carbonyl (C=O) groups is 3. The number of hydrogen-bond acceptors (Lipinski definition) is 6. The van der Waals surface area contributed by atoms with E-state index in [1.807, 2.05) is 0 Å². The van der Waals surface area contributed by atoms with E-state index in [1.54, 1.807) is 0 Å². The predicted octanol–water partition coefficient (Wildman–Crippen LogP) is 22.0. The fourth-order valence-corrected chi connectivity index (χ4v) is 10.3. The van der Waals surface area contributed by atoms with E-state index < -0.39 is 6.10 Å². The van der Waals surface area contributed by atoms with E-state index in [-0.39, 0.29) is 31.1 Å². The van der Waals surface area contributed by atoms with Crippen molar-refractivity contribution in [2.75, 3.05) is 13.2 Å². The van der Waals surface area contributed by atoms with Crippen molar-refractivity contribution in [2.24, 2.45) is 11.8 Å². The van der Waals surface area contributed by atoms with Gasteiger partial charge in [0.1, 0.15) is 13.2 Å². The monoisotopic (exact) mass is 1020 g/mol. The number of hydrogen-bond donors (Lipinski definition) is 0. The smallest absolute Gasteiger partial charge is 0.306 e. The molecule has 0 amide bonds. The van der Waals surface area contributed by atoms with E-state index in [0.29, 0.717) is 19.3 Å². The molecule has 0 N–H and O–H groups in total. The minimum absolute atomic E-state index is 0.0617. The van der Waals surface area contributed by atoms with Gasteiger partial charge in [0.05, 0.1) is 0 Å². The van der Waals surface area contributed by atoms with E-state index >= 15 is 0 Å². The Hall–Kier alpha value is -1.59. The Bertz CT molecular complexity index is 1110. The molecule has 0 spiro atoms. The summed E-state index contributed by atoms with van der Waals surface area (Å²) in [6.45, 7) is 11.5. The molecule has 0 aliphatic rings. The highest BCUT2D eigenvalue weighted by Crippen LogP contribution is 2.19. The van der Waals surface area contributed by atoms with Crippen LogP contribution in [0.4, 0.5) is 0 Å². The zero-order valence-electron chi connectivity index (χ0n) is 49.6. The summed E-state index contributed by atoms with van der Waals surface area (Å²) in [6, 6.07) is 0. The highest BCUT2D eigenvalue weighted by atomic mass is 16.6. The van der Waals surface area contributed by atoms with Crippen LogP contribution in [0.3, 0.4) is 0 Å². The first kappa shape index (κ1) is 70.4. The van der Waals surface area contributed by atoms with Crippen LogP contribution in [0.2, 0.25) is 0 Å². The van der Waals surface area contributed by atoms with Gasteiger partial charge in [0.25, 0.3) is 0 Å². The highest BCUT2D eigenvalue weighted by molar-refractivity contribution is 5.71. The van der Waals surface area contributed by atoms with Crippen molar-refractivity contribution in [3.05, 3.63) is 0 Å². The van der Waals surface area contributed by atoms with Crippen LogP contribution in [0.15, 0.2) is 0 Å². The molecule has 72 heavy (non-hydrogen) atoms. The summed E-state index contributed by atoms with van der Waals surface area (Å²) < 4.78 is 17.0. The van der Waals surface area contributed by atoms with E-state index in [9.17, 15) is 14.4 Å². The molecule has 0 aliphatic heterocycles. The molecule has 0 saturated carbocycles. The lowest BCUT2D eigenvalue weighted by Gasteiger charge is -2.18. The molecule has 2 atom stereocenters. The molecule has 0 saturated heterocycles. The van der Waals surface area contributed by atoms with Crippen molar-refractivity contribution in [3.8, 4) is 0 Å². The zero-order chi connectivity index (χ0) is 52.5. The molecule has 0 bridgehead atoms. The minimum atomic E-state index is -0.764. The third kappa shape index (κ3) is 57.7. The van der Waals surface area contributed by atoms with Crippen molar-refractivity contribution in [1.82, 2.24) is 0 Å². The maximum Gasteiger partial charge on any atom is 0.306 e. The van der Waals surface area contributed by atoms with Gasteiger partial charge in [-0.15, -0.1) is 0 Å². The third-order valence-corrected chi connectivity index (χ3v) is 15.6. The summed E-state index contributed by atoms with van der Waals surface area (Å²) in [5.74, 6) is 0.909. The van der Waals surface area contributed by atoms with Crippen molar-refractivity contribution in [2.45, 2.75) is 381 Å². The first-order valence-corrected chi connectivity index (χ1v) is 32.8. The zero-order valence-corrected chi connectivity index (χ0v) is 49.6. The Morgan fingerprint density at radius 1 is 0.292 bits per heavy atom. The van der Waals surface area contributed by atoms with Gasteiger partial charge in [-0.25, -0.2) is 0 Å². The van der Waals surface area contributed by atoms with Crippen LogP contribution in [0.1, 0.15) is 375 Å². The lowest BCUT2D eigenvalue weighted by atomic mass is 9.99. The van der Waals surface area contributed by atoms with Gasteiger partial charge < -0.3 is 14.2 Å². The first-order chi connectivity index (χ1) is 35.3. The summed E-state index contributed by atoms with van der Waals surface area (Å²) in [6.07, 6.45) is 65.3. The summed E-state index contributed by atoms with van der Waals surface area (Å²) in [7, 11) is 0. The molecule has 0 fully saturated rings. The average Bonchev–Trinajstić information content (AvgIpc) is 3.37. The molecule has 1 unspecified atom stereocenters. The number of carbonyl (C=O) groups excluding carboxylic acids is 3. The number of ether oxygens (including phenoxy) is 3. The second-order valence-electron chi connectivity index (χ2n) is 23.5. The molecular weight excluding hydrogens is 889 g/mol. The molecule has 0 aliphatic carbocycles. The van der Waals surface area contributed by atoms with Crippen LogP contribution in [-0.2, 0) is 28.6 Å². The Kier molecular flexibility index (Phi) is 57.4. The van der Waals surface area contributed by atoms with E-state index in [1.165, 1.54) is 263 Å². The van der Waals surface area contributed by atoms with E-state index in [4.69, 9.17) is 14.2 Å². The topological polar surface area (TPSA) is 78.9 Å². The maximum absolute atomic E-state index is 12.9.